The number of hydrogen-bond donors (Lipinski definition) is 3. The number of benzene rings is 3. The number of carbonyl (C=O) groups excluding carboxylic acids is 1. The lowest BCUT2D eigenvalue weighted by atomic mass is 10.0. The Bertz CT molecular complexity index is 1140. The van der Waals surface area contributed by atoms with E-state index >= 15 is 0 Å². The number of aliphatic hydroxyl groups is 1. The molecule has 3 aromatic carbocycles. The van der Waals surface area contributed by atoms with Gasteiger partial charge < -0.3 is 30.0 Å². The predicted octanol–water partition coefficient (Wildman–Crippen LogP) is 5.34. The van der Waals surface area contributed by atoms with Gasteiger partial charge in [-0.3, -0.25) is 0 Å². The summed E-state index contributed by atoms with van der Waals surface area (Å²) in [5.74, 6) is 1.60. The molecule has 0 saturated carbocycles. The molecule has 3 N–H and O–H groups in total. The SMILES string of the molecule is CCNC(=O)NCc1ccc([C@H]2O[C@@H](CSc3ccccc3OC)C[C@@H](c3ccc(CO)cc3)O2)cc1. The minimum Gasteiger partial charge on any atom is -0.496 e. The van der Waals surface area contributed by atoms with Crippen molar-refractivity contribution in [1.29, 1.82) is 0 Å². The van der Waals surface area contributed by atoms with Crippen LogP contribution >= 0.6 is 11.8 Å². The van der Waals surface area contributed by atoms with E-state index in [1.165, 1.54) is 0 Å². The van der Waals surface area contributed by atoms with Crippen LogP contribution in [0.2, 0.25) is 0 Å². The summed E-state index contributed by atoms with van der Waals surface area (Å²) in [5, 5.41) is 15.0. The molecular weight excluding hydrogens is 488 g/mol. The monoisotopic (exact) mass is 522 g/mol. The largest absolute Gasteiger partial charge is 0.496 e. The second-order valence-corrected chi connectivity index (χ2v) is 9.83. The molecule has 2 amide bonds. The number of nitrogens with one attached hydrogen (secondary N) is 2. The number of urea groups is 1. The van der Waals surface area contributed by atoms with Gasteiger partial charge in [-0.05, 0) is 35.7 Å². The van der Waals surface area contributed by atoms with Crippen molar-refractivity contribution in [3.05, 3.63) is 95.1 Å². The Labute approximate surface area is 222 Å². The zero-order chi connectivity index (χ0) is 26.0. The topological polar surface area (TPSA) is 89.1 Å². The molecule has 0 unspecified atom stereocenters. The molecule has 0 aliphatic carbocycles. The molecule has 196 valence electrons. The second-order valence-electron chi connectivity index (χ2n) is 8.77. The fourth-order valence-electron chi connectivity index (χ4n) is 4.14. The number of aliphatic hydroxyl groups excluding tert-OH is 1. The van der Waals surface area contributed by atoms with Crippen LogP contribution in [-0.2, 0) is 22.6 Å². The number of para-hydroxylation sites is 1. The molecule has 3 aromatic rings. The normalized spacial score (nSPS) is 19.3. The molecule has 4 rings (SSSR count). The van der Waals surface area contributed by atoms with Crippen molar-refractivity contribution < 1.29 is 24.1 Å². The van der Waals surface area contributed by atoms with Crippen molar-refractivity contribution in [1.82, 2.24) is 10.6 Å². The summed E-state index contributed by atoms with van der Waals surface area (Å²) in [6, 6.07) is 23.6. The van der Waals surface area contributed by atoms with Gasteiger partial charge in [0.25, 0.3) is 0 Å². The fraction of sp³-hybridized carbons (Fsp3) is 0.345. The highest BCUT2D eigenvalue weighted by Crippen LogP contribution is 2.40. The van der Waals surface area contributed by atoms with Gasteiger partial charge in [-0.15, -0.1) is 11.8 Å². The van der Waals surface area contributed by atoms with Crippen LogP contribution in [0.1, 0.15) is 48.0 Å². The maximum absolute atomic E-state index is 11.7. The summed E-state index contributed by atoms with van der Waals surface area (Å²) in [5.41, 5.74) is 3.84. The quantitative estimate of drug-likeness (QED) is 0.311. The van der Waals surface area contributed by atoms with E-state index in [0.29, 0.717) is 19.5 Å². The molecule has 1 aliphatic heterocycles. The molecule has 37 heavy (non-hydrogen) atoms. The Balaban J connectivity index is 1.48. The van der Waals surface area contributed by atoms with Gasteiger partial charge in [0.2, 0.25) is 0 Å². The van der Waals surface area contributed by atoms with Gasteiger partial charge in [0.1, 0.15) is 5.75 Å². The van der Waals surface area contributed by atoms with Crippen LogP contribution in [0.4, 0.5) is 4.79 Å². The van der Waals surface area contributed by atoms with Gasteiger partial charge in [-0.2, -0.15) is 0 Å². The maximum atomic E-state index is 11.7. The molecule has 8 heteroatoms. The van der Waals surface area contributed by atoms with E-state index < -0.39 is 6.29 Å². The number of rotatable bonds is 10. The van der Waals surface area contributed by atoms with E-state index in [9.17, 15) is 9.90 Å². The molecule has 0 radical (unpaired) electrons. The summed E-state index contributed by atoms with van der Waals surface area (Å²) in [6.45, 7) is 2.92. The summed E-state index contributed by atoms with van der Waals surface area (Å²) < 4.78 is 18.4. The third-order valence-electron chi connectivity index (χ3n) is 6.15. The van der Waals surface area contributed by atoms with Crippen molar-refractivity contribution in [2.75, 3.05) is 19.4 Å². The van der Waals surface area contributed by atoms with Crippen LogP contribution in [-0.4, -0.2) is 36.6 Å². The Hall–Kier alpha value is -3.04. The van der Waals surface area contributed by atoms with Gasteiger partial charge >= 0.3 is 6.03 Å². The third kappa shape index (κ3) is 7.49. The lowest BCUT2D eigenvalue weighted by Crippen LogP contribution is -2.34. The summed E-state index contributed by atoms with van der Waals surface area (Å²) in [7, 11) is 1.68. The molecule has 1 saturated heterocycles. The van der Waals surface area contributed by atoms with E-state index in [2.05, 4.69) is 16.7 Å². The van der Waals surface area contributed by atoms with Crippen LogP contribution in [0.15, 0.2) is 77.7 Å². The molecule has 0 bridgehead atoms. The number of hydrogen-bond acceptors (Lipinski definition) is 6. The van der Waals surface area contributed by atoms with E-state index in [1.807, 2.05) is 73.7 Å². The van der Waals surface area contributed by atoms with E-state index in [0.717, 1.165) is 38.7 Å². The first-order chi connectivity index (χ1) is 18.1. The fourth-order valence-corrected chi connectivity index (χ4v) is 5.19. The predicted molar refractivity (Wildman–Crippen MR) is 144 cm³/mol. The molecule has 0 aromatic heterocycles. The number of thioether (sulfide) groups is 1. The van der Waals surface area contributed by atoms with Crippen molar-refractivity contribution in [2.45, 2.75) is 49.9 Å². The van der Waals surface area contributed by atoms with Crippen LogP contribution in [0, 0.1) is 0 Å². The lowest BCUT2D eigenvalue weighted by molar-refractivity contribution is -0.245. The van der Waals surface area contributed by atoms with E-state index in [1.54, 1.807) is 18.9 Å². The zero-order valence-electron chi connectivity index (χ0n) is 21.2. The highest BCUT2D eigenvalue weighted by Gasteiger charge is 2.32. The van der Waals surface area contributed by atoms with Gasteiger partial charge in [-0.25, -0.2) is 4.79 Å². The Morgan fingerprint density at radius 2 is 1.68 bits per heavy atom. The van der Waals surface area contributed by atoms with Crippen molar-refractivity contribution >= 4 is 17.8 Å². The summed E-state index contributed by atoms with van der Waals surface area (Å²) >= 11 is 1.71. The highest BCUT2D eigenvalue weighted by molar-refractivity contribution is 7.99. The van der Waals surface area contributed by atoms with Crippen molar-refractivity contribution in [2.24, 2.45) is 0 Å². The Kier molecular flexibility index (Phi) is 9.85. The summed E-state index contributed by atoms with van der Waals surface area (Å²) in [6.07, 6.45) is 0.000105. The third-order valence-corrected chi connectivity index (χ3v) is 7.34. The average Bonchev–Trinajstić information content (AvgIpc) is 2.95. The number of amides is 2. The molecule has 0 spiro atoms. The maximum Gasteiger partial charge on any atom is 0.315 e. The first-order valence-electron chi connectivity index (χ1n) is 12.5. The lowest BCUT2D eigenvalue weighted by Gasteiger charge is -2.36. The second kappa shape index (κ2) is 13.5. The average molecular weight is 523 g/mol. The first kappa shape index (κ1) is 27.0. The van der Waals surface area contributed by atoms with Crippen molar-refractivity contribution in [3.8, 4) is 5.75 Å². The highest BCUT2D eigenvalue weighted by atomic mass is 32.2. The zero-order valence-corrected chi connectivity index (χ0v) is 22.0. The van der Waals surface area contributed by atoms with Gasteiger partial charge in [0, 0.05) is 35.7 Å². The van der Waals surface area contributed by atoms with E-state index in [-0.39, 0.29) is 24.8 Å². The molecular formula is C29H34N2O5S. The minimum atomic E-state index is -0.523. The summed E-state index contributed by atoms with van der Waals surface area (Å²) in [4.78, 5) is 12.8. The van der Waals surface area contributed by atoms with Gasteiger partial charge in [0.15, 0.2) is 6.29 Å². The molecule has 3 atom stereocenters. The Morgan fingerprint density at radius 1 is 0.973 bits per heavy atom. The van der Waals surface area contributed by atoms with Gasteiger partial charge in [-0.1, -0.05) is 60.7 Å². The minimum absolute atomic E-state index is 0.0109. The van der Waals surface area contributed by atoms with E-state index in [4.69, 9.17) is 14.2 Å². The molecule has 1 fully saturated rings. The van der Waals surface area contributed by atoms with Crippen LogP contribution < -0.4 is 15.4 Å². The van der Waals surface area contributed by atoms with Crippen LogP contribution in [0.5, 0.6) is 5.75 Å². The number of carbonyl (C=O) groups is 1. The number of methoxy groups -OCH3 is 1. The van der Waals surface area contributed by atoms with Gasteiger partial charge in [0.05, 0.1) is 25.9 Å². The number of ether oxygens (including phenoxy) is 3. The molecule has 1 aliphatic rings. The first-order valence-corrected chi connectivity index (χ1v) is 13.4. The standard InChI is InChI=1S/C29H34N2O5S/c1-3-30-29(33)31-17-20-8-14-23(15-9-20)28-35-24(19-37-27-7-5-4-6-25(27)34-2)16-26(36-28)22-12-10-21(18-32)11-13-22/h4-15,24,26,28,32H,3,16-19H2,1-2H3,(H2,30,31,33)/t24-,26+,28+/m1/s1. The smallest absolute Gasteiger partial charge is 0.315 e. The van der Waals surface area contributed by atoms with Crippen LogP contribution in [0.25, 0.3) is 0 Å². The molecule has 7 nitrogen and oxygen atoms in total. The Morgan fingerprint density at radius 3 is 2.38 bits per heavy atom. The van der Waals surface area contributed by atoms with Crippen molar-refractivity contribution in [3.63, 3.8) is 0 Å². The molecule has 1 heterocycles. The van der Waals surface area contributed by atoms with Crippen LogP contribution in [0.3, 0.4) is 0 Å².